The summed E-state index contributed by atoms with van der Waals surface area (Å²) in [5, 5.41) is 3.04. The van der Waals surface area contributed by atoms with Crippen molar-refractivity contribution in [1.82, 2.24) is 14.9 Å². The van der Waals surface area contributed by atoms with Crippen molar-refractivity contribution in [3.05, 3.63) is 95.3 Å². The topological polar surface area (TPSA) is 65.4 Å². The Labute approximate surface area is 231 Å². The number of aryl methyl sites for hydroxylation is 3. The molecule has 1 heterocycles. The van der Waals surface area contributed by atoms with Crippen molar-refractivity contribution in [2.45, 2.75) is 52.5 Å². The average Bonchev–Trinajstić information content (AvgIpc) is 3.30. The number of allylic oxidation sites excluding steroid dienone is 1. The summed E-state index contributed by atoms with van der Waals surface area (Å²) in [6, 6.07) is 22.0. The minimum absolute atomic E-state index is 0.00549. The normalized spacial score (nSPS) is 11.3. The number of rotatable bonds is 14. The van der Waals surface area contributed by atoms with Crippen molar-refractivity contribution in [2.24, 2.45) is 0 Å². The molecule has 4 rings (SSSR count). The zero-order valence-electron chi connectivity index (χ0n) is 23.3. The summed E-state index contributed by atoms with van der Waals surface area (Å²) in [4.78, 5) is 17.3. The summed E-state index contributed by atoms with van der Waals surface area (Å²) in [6.45, 7) is 6.10. The van der Waals surface area contributed by atoms with E-state index in [4.69, 9.17) is 14.5 Å². The zero-order valence-corrected chi connectivity index (χ0v) is 23.3. The van der Waals surface area contributed by atoms with Gasteiger partial charge in [0.05, 0.1) is 24.8 Å². The number of nitrogens with one attached hydrogen (secondary N) is 1. The summed E-state index contributed by atoms with van der Waals surface area (Å²) in [6.07, 6.45) is 8.81. The fraction of sp³-hybridized carbons (Fsp3) is 0.333. The fourth-order valence-electron chi connectivity index (χ4n) is 4.75. The zero-order chi connectivity index (χ0) is 27.5. The standard InChI is InChI=1S/C33H39N3O3/c1-4-12-26-18-19-30(31(24-26)38-3)39-22-11-21-36-29-16-8-7-15-28(29)35-32(36)17-6-5-9-20-34-33(37)27-14-10-13-25(2)23-27/h4,7-8,10,12-16,18-19,23-24H,5-6,9,11,17,20-22H2,1-3H3,(H,34,37)/b12-4+. The third kappa shape index (κ3) is 7.73. The van der Waals surface area contributed by atoms with Crippen LogP contribution >= 0.6 is 0 Å². The second-order valence-corrected chi connectivity index (χ2v) is 9.72. The van der Waals surface area contributed by atoms with Crippen molar-refractivity contribution in [2.75, 3.05) is 20.3 Å². The van der Waals surface area contributed by atoms with E-state index in [0.717, 1.165) is 83.7 Å². The largest absolute Gasteiger partial charge is 0.493 e. The third-order valence-electron chi connectivity index (χ3n) is 6.71. The van der Waals surface area contributed by atoms with E-state index in [-0.39, 0.29) is 5.91 Å². The first-order valence-corrected chi connectivity index (χ1v) is 13.8. The average molecular weight is 526 g/mol. The predicted octanol–water partition coefficient (Wildman–Crippen LogP) is 7.00. The van der Waals surface area contributed by atoms with E-state index >= 15 is 0 Å². The molecule has 3 aromatic carbocycles. The van der Waals surface area contributed by atoms with Gasteiger partial charge >= 0.3 is 0 Å². The number of ether oxygens (including phenoxy) is 2. The van der Waals surface area contributed by atoms with Gasteiger partial charge in [0.2, 0.25) is 0 Å². The number of methoxy groups -OCH3 is 1. The Bertz CT molecular complexity index is 1410. The molecule has 1 amide bonds. The van der Waals surface area contributed by atoms with E-state index in [1.807, 2.05) is 74.5 Å². The van der Waals surface area contributed by atoms with Crippen LogP contribution in [-0.4, -0.2) is 35.7 Å². The Morgan fingerprint density at radius 2 is 1.85 bits per heavy atom. The molecule has 0 saturated heterocycles. The number of carbonyl (C=O) groups is 1. The van der Waals surface area contributed by atoms with Crippen molar-refractivity contribution < 1.29 is 14.3 Å². The molecule has 0 spiro atoms. The molecule has 0 saturated carbocycles. The van der Waals surface area contributed by atoms with Gasteiger partial charge in [-0.05, 0) is 75.1 Å². The van der Waals surface area contributed by atoms with Crippen LogP contribution in [0.4, 0.5) is 0 Å². The van der Waals surface area contributed by atoms with Crippen molar-refractivity contribution >= 4 is 23.0 Å². The molecule has 0 fully saturated rings. The molecule has 0 atom stereocenters. The Morgan fingerprint density at radius 3 is 2.67 bits per heavy atom. The lowest BCUT2D eigenvalue weighted by Crippen LogP contribution is -2.24. The Kier molecular flexibility index (Phi) is 10.2. The highest BCUT2D eigenvalue weighted by molar-refractivity contribution is 5.94. The van der Waals surface area contributed by atoms with Crippen LogP contribution in [0.2, 0.25) is 0 Å². The Morgan fingerprint density at radius 1 is 0.974 bits per heavy atom. The number of para-hydroxylation sites is 2. The van der Waals surface area contributed by atoms with Crippen LogP contribution in [0.15, 0.2) is 72.8 Å². The highest BCUT2D eigenvalue weighted by Crippen LogP contribution is 2.29. The molecule has 39 heavy (non-hydrogen) atoms. The maximum Gasteiger partial charge on any atom is 0.251 e. The van der Waals surface area contributed by atoms with Gasteiger partial charge < -0.3 is 19.4 Å². The number of hydrogen-bond acceptors (Lipinski definition) is 4. The highest BCUT2D eigenvalue weighted by atomic mass is 16.5. The lowest BCUT2D eigenvalue weighted by atomic mass is 10.1. The molecule has 4 aromatic rings. The maximum absolute atomic E-state index is 12.3. The molecule has 6 heteroatoms. The minimum Gasteiger partial charge on any atom is -0.493 e. The number of benzene rings is 3. The van der Waals surface area contributed by atoms with Crippen molar-refractivity contribution in [3.8, 4) is 11.5 Å². The number of aromatic nitrogens is 2. The first-order chi connectivity index (χ1) is 19.1. The SMILES string of the molecule is C/C=C/c1ccc(OCCCn2c(CCCCCNC(=O)c3cccc(C)c3)nc3ccccc32)c(OC)c1. The Hall–Kier alpha value is -4.06. The summed E-state index contributed by atoms with van der Waals surface area (Å²) >= 11 is 0. The molecular weight excluding hydrogens is 486 g/mol. The van der Waals surface area contributed by atoms with Gasteiger partial charge in [-0.3, -0.25) is 4.79 Å². The summed E-state index contributed by atoms with van der Waals surface area (Å²) in [5.74, 6) is 2.60. The number of unbranched alkanes of at least 4 members (excludes halogenated alkanes) is 2. The second kappa shape index (κ2) is 14.2. The van der Waals surface area contributed by atoms with Gasteiger partial charge in [-0.15, -0.1) is 0 Å². The van der Waals surface area contributed by atoms with Gasteiger partial charge in [0.1, 0.15) is 5.82 Å². The van der Waals surface area contributed by atoms with Crippen LogP contribution in [0.5, 0.6) is 11.5 Å². The van der Waals surface area contributed by atoms with Crippen LogP contribution in [0.1, 0.15) is 59.9 Å². The van der Waals surface area contributed by atoms with Crippen LogP contribution in [0.25, 0.3) is 17.1 Å². The van der Waals surface area contributed by atoms with Crippen LogP contribution < -0.4 is 14.8 Å². The fourth-order valence-corrected chi connectivity index (χ4v) is 4.75. The smallest absolute Gasteiger partial charge is 0.251 e. The van der Waals surface area contributed by atoms with E-state index in [1.54, 1.807) is 7.11 Å². The molecule has 1 aromatic heterocycles. The van der Waals surface area contributed by atoms with Gasteiger partial charge in [0, 0.05) is 25.1 Å². The lowest BCUT2D eigenvalue weighted by molar-refractivity contribution is 0.0953. The van der Waals surface area contributed by atoms with Gasteiger partial charge in [-0.25, -0.2) is 4.98 Å². The van der Waals surface area contributed by atoms with E-state index in [0.29, 0.717) is 13.2 Å². The predicted molar refractivity (Wildman–Crippen MR) is 159 cm³/mol. The van der Waals surface area contributed by atoms with Crippen LogP contribution in [0, 0.1) is 6.92 Å². The molecule has 1 N–H and O–H groups in total. The minimum atomic E-state index is -0.00549. The van der Waals surface area contributed by atoms with Gasteiger partial charge in [-0.1, -0.05) is 54.5 Å². The van der Waals surface area contributed by atoms with E-state index in [1.165, 1.54) is 0 Å². The van der Waals surface area contributed by atoms with Gasteiger partial charge in [0.25, 0.3) is 5.91 Å². The molecule has 204 valence electrons. The number of fused-ring (bicyclic) bond motifs is 1. The number of hydrogen-bond donors (Lipinski definition) is 1. The molecular formula is C33H39N3O3. The summed E-state index contributed by atoms with van der Waals surface area (Å²) < 4.78 is 13.9. The summed E-state index contributed by atoms with van der Waals surface area (Å²) in [5.41, 5.74) is 5.09. The third-order valence-corrected chi connectivity index (χ3v) is 6.71. The summed E-state index contributed by atoms with van der Waals surface area (Å²) in [7, 11) is 1.67. The van der Waals surface area contributed by atoms with Gasteiger partial charge in [-0.2, -0.15) is 0 Å². The monoisotopic (exact) mass is 525 g/mol. The lowest BCUT2D eigenvalue weighted by Gasteiger charge is -2.13. The number of nitrogens with zero attached hydrogens (tertiary/aromatic N) is 2. The van der Waals surface area contributed by atoms with Crippen LogP contribution in [-0.2, 0) is 13.0 Å². The quantitative estimate of drug-likeness (QED) is 0.180. The first kappa shape index (κ1) is 28.0. The molecule has 0 aliphatic rings. The molecule has 0 aliphatic carbocycles. The van der Waals surface area contributed by atoms with E-state index in [2.05, 4.69) is 28.1 Å². The molecule has 0 radical (unpaired) electrons. The highest BCUT2D eigenvalue weighted by Gasteiger charge is 2.11. The molecule has 0 aliphatic heterocycles. The number of carbonyl (C=O) groups excluding carboxylic acids is 1. The maximum atomic E-state index is 12.3. The van der Waals surface area contributed by atoms with Crippen molar-refractivity contribution in [3.63, 3.8) is 0 Å². The van der Waals surface area contributed by atoms with Crippen LogP contribution in [0.3, 0.4) is 0 Å². The number of imidazole rings is 1. The van der Waals surface area contributed by atoms with E-state index in [9.17, 15) is 4.79 Å². The first-order valence-electron chi connectivity index (χ1n) is 13.8. The van der Waals surface area contributed by atoms with E-state index < -0.39 is 0 Å². The van der Waals surface area contributed by atoms with Crippen molar-refractivity contribution in [1.29, 1.82) is 0 Å². The Balaban J connectivity index is 1.27. The molecule has 0 bridgehead atoms. The second-order valence-electron chi connectivity index (χ2n) is 9.72. The molecule has 6 nitrogen and oxygen atoms in total. The number of amides is 1. The molecule has 0 unspecified atom stereocenters. The van der Waals surface area contributed by atoms with Gasteiger partial charge in [0.15, 0.2) is 11.5 Å².